The van der Waals surface area contributed by atoms with Crippen molar-refractivity contribution in [1.82, 2.24) is 10.9 Å². The molecule has 0 spiro atoms. The van der Waals surface area contributed by atoms with E-state index in [-0.39, 0.29) is 11.0 Å². The summed E-state index contributed by atoms with van der Waals surface area (Å²) in [6, 6.07) is 11.3. The highest BCUT2D eigenvalue weighted by Gasteiger charge is 2.21. The molecule has 0 saturated heterocycles. The molecule has 1 heterocycles. The number of unbranched alkanes of at least 4 members (excludes halogenated alkanes) is 1. The van der Waals surface area contributed by atoms with Gasteiger partial charge in [0.05, 0.1) is 7.11 Å². The van der Waals surface area contributed by atoms with Gasteiger partial charge in [-0.1, -0.05) is 25.5 Å². The van der Waals surface area contributed by atoms with Gasteiger partial charge >= 0.3 is 0 Å². The Morgan fingerprint density at radius 3 is 2.62 bits per heavy atom. The maximum atomic E-state index is 12.5. The van der Waals surface area contributed by atoms with Crippen LogP contribution in [0.15, 0.2) is 36.4 Å². The number of rotatable bonds is 6. The Kier molecular flexibility index (Phi) is 7.13. The van der Waals surface area contributed by atoms with Crippen LogP contribution in [0.25, 0.3) is 0 Å². The van der Waals surface area contributed by atoms with E-state index < -0.39 is 0 Å². The van der Waals surface area contributed by atoms with E-state index in [9.17, 15) is 4.79 Å². The number of methoxy groups -OCH3 is 1. The zero-order valence-corrected chi connectivity index (χ0v) is 17.4. The Hall–Kier alpha value is -3.00. The highest BCUT2D eigenvalue weighted by atomic mass is 32.1. The fourth-order valence-electron chi connectivity index (χ4n) is 2.89. The Balaban J connectivity index is 1.55. The first-order valence-electron chi connectivity index (χ1n) is 9.54. The lowest BCUT2D eigenvalue weighted by Gasteiger charge is -2.21. The van der Waals surface area contributed by atoms with Crippen LogP contribution in [-0.4, -0.2) is 31.3 Å². The minimum absolute atomic E-state index is 0.282. The first kappa shape index (κ1) is 20.7. The van der Waals surface area contributed by atoms with Gasteiger partial charge in [-0.3, -0.25) is 15.6 Å². The molecule has 3 rings (SSSR count). The fourth-order valence-corrected chi connectivity index (χ4v) is 3.06. The summed E-state index contributed by atoms with van der Waals surface area (Å²) in [5, 5.41) is 3.32. The molecule has 0 unspecified atom stereocenters. The van der Waals surface area contributed by atoms with Crippen molar-refractivity contribution in [3.8, 4) is 17.2 Å². The molecule has 0 bridgehead atoms. The summed E-state index contributed by atoms with van der Waals surface area (Å²) in [5.41, 5.74) is 7.77. The van der Waals surface area contributed by atoms with E-state index in [1.165, 1.54) is 25.5 Å². The van der Waals surface area contributed by atoms with Crippen LogP contribution < -0.4 is 30.4 Å². The second-order valence-corrected chi connectivity index (χ2v) is 6.94. The Morgan fingerprint density at radius 2 is 1.90 bits per heavy atom. The number of nitrogens with one attached hydrogen (secondary N) is 3. The van der Waals surface area contributed by atoms with E-state index in [2.05, 4.69) is 35.2 Å². The van der Waals surface area contributed by atoms with Crippen LogP contribution in [0, 0.1) is 0 Å². The molecule has 1 aliphatic heterocycles. The molecule has 154 valence electrons. The van der Waals surface area contributed by atoms with Crippen LogP contribution in [0.3, 0.4) is 0 Å². The number of hydrazine groups is 1. The number of amides is 1. The van der Waals surface area contributed by atoms with Crippen LogP contribution >= 0.6 is 12.2 Å². The monoisotopic (exact) mass is 415 g/mol. The number of benzene rings is 2. The van der Waals surface area contributed by atoms with E-state index in [0.29, 0.717) is 36.0 Å². The number of anilines is 1. The average molecular weight is 416 g/mol. The van der Waals surface area contributed by atoms with Gasteiger partial charge in [0, 0.05) is 11.3 Å². The topological polar surface area (TPSA) is 80.9 Å². The Bertz CT molecular complexity index is 854. The van der Waals surface area contributed by atoms with E-state index in [1.54, 1.807) is 12.1 Å². The van der Waals surface area contributed by atoms with Gasteiger partial charge in [-0.2, -0.15) is 0 Å². The molecule has 29 heavy (non-hydrogen) atoms. The predicted octanol–water partition coefficient (Wildman–Crippen LogP) is 3.44. The molecule has 0 atom stereocenters. The SMILES string of the molecule is CCCCc1ccc(NC(=S)NNC(=O)c2cc(OC)c3c(c2)OCCO3)cc1. The maximum absolute atomic E-state index is 12.5. The lowest BCUT2D eigenvalue weighted by Crippen LogP contribution is -2.43. The quantitative estimate of drug-likeness (QED) is 0.493. The molecule has 7 nitrogen and oxygen atoms in total. The van der Waals surface area contributed by atoms with Crippen LogP contribution in [0.2, 0.25) is 0 Å². The van der Waals surface area contributed by atoms with Gasteiger partial charge < -0.3 is 19.5 Å². The number of thiocarbonyl (C=S) groups is 1. The highest BCUT2D eigenvalue weighted by Crippen LogP contribution is 2.40. The molecule has 2 aromatic rings. The number of hydrogen-bond acceptors (Lipinski definition) is 5. The van der Waals surface area contributed by atoms with Crippen molar-refractivity contribution in [1.29, 1.82) is 0 Å². The van der Waals surface area contributed by atoms with Crippen molar-refractivity contribution in [3.63, 3.8) is 0 Å². The lowest BCUT2D eigenvalue weighted by atomic mass is 10.1. The van der Waals surface area contributed by atoms with Gasteiger partial charge in [0.2, 0.25) is 5.75 Å². The molecule has 1 aliphatic rings. The first-order chi connectivity index (χ1) is 14.1. The van der Waals surface area contributed by atoms with Gasteiger partial charge in [0.15, 0.2) is 16.6 Å². The molecule has 0 aliphatic carbocycles. The lowest BCUT2D eigenvalue weighted by molar-refractivity contribution is 0.0942. The normalized spacial score (nSPS) is 12.1. The first-order valence-corrected chi connectivity index (χ1v) is 9.95. The zero-order chi connectivity index (χ0) is 20.6. The van der Waals surface area contributed by atoms with Crippen LogP contribution in [0.5, 0.6) is 17.2 Å². The zero-order valence-electron chi connectivity index (χ0n) is 16.5. The highest BCUT2D eigenvalue weighted by molar-refractivity contribution is 7.80. The van der Waals surface area contributed by atoms with Crippen molar-refractivity contribution in [3.05, 3.63) is 47.5 Å². The summed E-state index contributed by atoms with van der Waals surface area (Å²) >= 11 is 5.25. The molecule has 0 aromatic heterocycles. The van der Waals surface area contributed by atoms with E-state index in [0.717, 1.165) is 12.1 Å². The van der Waals surface area contributed by atoms with Crippen molar-refractivity contribution in [2.75, 3.05) is 25.6 Å². The smallest absolute Gasteiger partial charge is 0.269 e. The van der Waals surface area contributed by atoms with Crippen molar-refractivity contribution in [2.24, 2.45) is 0 Å². The standard InChI is InChI=1S/C21H25N3O4S/c1-3-4-5-14-6-8-16(9-7-14)22-21(29)24-23-20(25)15-12-17(26-2)19-18(13-15)27-10-11-28-19/h6-9,12-13H,3-5,10-11H2,1-2H3,(H,23,25)(H2,22,24,29). The summed E-state index contributed by atoms with van der Waals surface area (Å²) < 4.78 is 16.4. The minimum Gasteiger partial charge on any atom is -0.493 e. The molecular formula is C21H25N3O4S. The predicted molar refractivity (Wildman–Crippen MR) is 116 cm³/mol. The van der Waals surface area contributed by atoms with Gasteiger partial charge in [0.1, 0.15) is 13.2 Å². The Labute approximate surface area is 175 Å². The van der Waals surface area contributed by atoms with Crippen LogP contribution in [-0.2, 0) is 6.42 Å². The number of fused-ring (bicyclic) bond motifs is 1. The molecular weight excluding hydrogens is 390 g/mol. The third-order valence-corrected chi connectivity index (χ3v) is 4.61. The number of carbonyl (C=O) groups excluding carboxylic acids is 1. The van der Waals surface area contributed by atoms with E-state index in [1.807, 2.05) is 12.1 Å². The summed E-state index contributed by atoms with van der Waals surface area (Å²) in [6.07, 6.45) is 3.40. The van der Waals surface area contributed by atoms with Crippen molar-refractivity contribution < 1.29 is 19.0 Å². The number of carbonyl (C=O) groups is 1. The maximum Gasteiger partial charge on any atom is 0.269 e. The van der Waals surface area contributed by atoms with Gasteiger partial charge in [-0.25, -0.2) is 0 Å². The third-order valence-electron chi connectivity index (χ3n) is 4.41. The minimum atomic E-state index is -0.376. The van der Waals surface area contributed by atoms with Crippen molar-refractivity contribution in [2.45, 2.75) is 26.2 Å². The van der Waals surface area contributed by atoms with Crippen LogP contribution in [0.1, 0.15) is 35.7 Å². The summed E-state index contributed by atoms with van der Waals surface area (Å²) in [4.78, 5) is 12.5. The number of aryl methyl sites for hydroxylation is 1. The second kappa shape index (κ2) is 9.97. The Morgan fingerprint density at radius 1 is 1.14 bits per heavy atom. The van der Waals surface area contributed by atoms with Crippen LogP contribution in [0.4, 0.5) is 5.69 Å². The molecule has 1 amide bonds. The molecule has 8 heteroatoms. The molecule has 2 aromatic carbocycles. The number of hydrogen-bond donors (Lipinski definition) is 3. The second-order valence-electron chi connectivity index (χ2n) is 6.54. The largest absolute Gasteiger partial charge is 0.493 e. The molecule has 0 saturated carbocycles. The van der Waals surface area contributed by atoms with Gasteiger partial charge in [-0.15, -0.1) is 0 Å². The van der Waals surface area contributed by atoms with Gasteiger partial charge in [-0.05, 0) is 54.9 Å². The van der Waals surface area contributed by atoms with Crippen molar-refractivity contribution >= 4 is 28.9 Å². The van der Waals surface area contributed by atoms with E-state index >= 15 is 0 Å². The van der Waals surface area contributed by atoms with Gasteiger partial charge in [0.25, 0.3) is 5.91 Å². The molecule has 3 N–H and O–H groups in total. The third kappa shape index (κ3) is 5.51. The summed E-state index contributed by atoms with van der Waals surface area (Å²) in [6.45, 7) is 3.04. The average Bonchev–Trinajstić information content (AvgIpc) is 2.76. The fraction of sp³-hybridized carbons (Fsp3) is 0.333. The summed E-state index contributed by atoms with van der Waals surface area (Å²) in [5.74, 6) is 1.04. The number of ether oxygens (including phenoxy) is 3. The van der Waals surface area contributed by atoms with E-state index in [4.69, 9.17) is 26.4 Å². The summed E-state index contributed by atoms with van der Waals surface area (Å²) in [7, 11) is 1.51. The molecule has 0 fully saturated rings. The molecule has 0 radical (unpaired) electrons.